The van der Waals surface area contributed by atoms with Gasteiger partial charge < -0.3 is 15.2 Å². The maximum atomic E-state index is 12.6. The topological polar surface area (TPSA) is 88.9 Å². The minimum absolute atomic E-state index is 0.214. The molecule has 0 saturated carbocycles. The zero-order valence-electron chi connectivity index (χ0n) is 14.4. The van der Waals surface area contributed by atoms with Crippen molar-refractivity contribution < 1.29 is 9.59 Å². The smallest absolute Gasteiger partial charge is 0.287 e. The van der Waals surface area contributed by atoms with E-state index in [1.165, 1.54) is 0 Å². The van der Waals surface area contributed by atoms with Crippen LogP contribution < -0.4 is 10.6 Å². The minimum atomic E-state index is -0.258. The molecule has 0 unspecified atom stereocenters. The van der Waals surface area contributed by atoms with Crippen molar-refractivity contribution in [3.05, 3.63) is 47.3 Å². The van der Waals surface area contributed by atoms with Gasteiger partial charge in [-0.05, 0) is 37.8 Å². The minimum Gasteiger partial charge on any atom is -0.349 e. The summed E-state index contributed by atoms with van der Waals surface area (Å²) in [6.07, 6.45) is 5.31. The number of fused-ring (bicyclic) bond motifs is 1. The third-order valence-corrected chi connectivity index (χ3v) is 4.23. The van der Waals surface area contributed by atoms with Gasteiger partial charge in [0.2, 0.25) is 0 Å². The van der Waals surface area contributed by atoms with E-state index in [0.29, 0.717) is 24.6 Å². The Labute approximate surface area is 146 Å². The van der Waals surface area contributed by atoms with Gasteiger partial charge in [-0.15, -0.1) is 0 Å². The first-order chi connectivity index (χ1) is 12.2. The van der Waals surface area contributed by atoms with Crippen molar-refractivity contribution in [1.29, 1.82) is 0 Å². The molecule has 2 amide bonds. The van der Waals surface area contributed by atoms with Crippen LogP contribution in [0.25, 0.3) is 0 Å². The lowest BCUT2D eigenvalue weighted by molar-refractivity contribution is 0.0937. The van der Waals surface area contributed by atoms with Crippen molar-refractivity contribution in [1.82, 2.24) is 25.2 Å². The molecule has 2 aromatic rings. The fraction of sp³-hybridized carbons (Fsp3) is 0.444. The third kappa shape index (κ3) is 3.87. The first-order valence-electron chi connectivity index (χ1n) is 8.76. The number of aromatic nitrogens is 3. The Morgan fingerprint density at radius 3 is 2.84 bits per heavy atom. The second-order valence-electron chi connectivity index (χ2n) is 6.10. The highest BCUT2D eigenvalue weighted by atomic mass is 16.2. The Kier molecular flexibility index (Phi) is 5.42. The molecule has 0 aromatic carbocycles. The molecule has 0 saturated heterocycles. The molecule has 0 spiro atoms. The van der Waals surface area contributed by atoms with Gasteiger partial charge in [-0.2, -0.15) is 0 Å². The number of nitrogens with one attached hydrogen (secondary N) is 2. The summed E-state index contributed by atoms with van der Waals surface area (Å²) in [5.74, 6) is -0.134. The fourth-order valence-electron chi connectivity index (χ4n) is 2.97. The molecule has 0 fully saturated rings. The van der Waals surface area contributed by atoms with E-state index < -0.39 is 0 Å². The van der Waals surface area contributed by atoms with Gasteiger partial charge in [0.15, 0.2) is 5.82 Å². The molecular weight excluding hydrogens is 318 g/mol. The van der Waals surface area contributed by atoms with E-state index in [9.17, 15) is 9.59 Å². The molecule has 1 aliphatic heterocycles. The van der Waals surface area contributed by atoms with Crippen LogP contribution in [0.15, 0.2) is 24.4 Å². The number of nitrogens with zero attached hydrogens (tertiary/aromatic N) is 3. The van der Waals surface area contributed by atoms with Gasteiger partial charge in [-0.1, -0.05) is 13.0 Å². The van der Waals surface area contributed by atoms with Gasteiger partial charge in [-0.25, -0.2) is 4.98 Å². The first-order valence-corrected chi connectivity index (χ1v) is 8.76. The van der Waals surface area contributed by atoms with Crippen LogP contribution in [0.4, 0.5) is 0 Å². The molecule has 7 nitrogen and oxygen atoms in total. The summed E-state index contributed by atoms with van der Waals surface area (Å²) in [6.45, 7) is 3.66. The maximum Gasteiger partial charge on any atom is 0.287 e. The predicted molar refractivity (Wildman–Crippen MR) is 93.2 cm³/mol. The number of pyridine rings is 1. The molecule has 0 atom stereocenters. The summed E-state index contributed by atoms with van der Waals surface area (Å²) < 4.78 is 1.89. The molecule has 0 bridgehead atoms. The van der Waals surface area contributed by atoms with Crippen molar-refractivity contribution in [2.45, 2.75) is 45.7 Å². The van der Waals surface area contributed by atoms with Crippen LogP contribution in [-0.4, -0.2) is 32.9 Å². The van der Waals surface area contributed by atoms with E-state index in [2.05, 4.69) is 20.6 Å². The van der Waals surface area contributed by atoms with Crippen LogP contribution in [0.2, 0.25) is 0 Å². The average molecular weight is 341 g/mol. The molecule has 3 rings (SSSR count). The van der Waals surface area contributed by atoms with Crippen LogP contribution in [0.3, 0.4) is 0 Å². The van der Waals surface area contributed by atoms with Crippen LogP contribution in [-0.2, 0) is 19.5 Å². The number of hydrogen-bond donors (Lipinski definition) is 2. The molecule has 2 aromatic heterocycles. The van der Waals surface area contributed by atoms with Crippen LogP contribution in [0.1, 0.15) is 58.7 Å². The average Bonchev–Trinajstić information content (AvgIpc) is 3.05. The van der Waals surface area contributed by atoms with Gasteiger partial charge in [0.1, 0.15) is 5.69 Å². The molecule has 0 aliphatic carbocycles. The molecule has 2 N–H and O–H groups in total. The second-order valence-corrected chi connectivity index (χ2v) is 6.10. The summed E-state index contributed by atoms with van der Waals surface area (Å²) in [6, 6.07) is 5.56. The van der Waals surface area contributed by atoms with Gasteiger partial charge in [0, 0.05) is 19.3 Å². The van der Waals surface area contributed by atoms with E-state index in [1.54, 1.807) is 6.20 Å². The highest BCUT2D eigenvalue weighted by molar-refractivity contribution is 5.97. The lowest BCUT2D eigenvalue weighted by Crippen LogP contribution is -2.28. The van der Waals surface area contributed by atoms with Gasteiger partial charge in [0.05, 0.1) is 17.9 Å². The standard InChI is InChI=1S/C18H23N5O2/c1-2-9-20-18(25)16-22-15(14-8-4-6-11-23(14)16)17(24)21-12-13-7-3-5-10-19-13/h3,5,7,10H,2,4,6,8-9,11-12H2,1H3,(H,20,25)(H,21,24). The van der Waals surface area contributed by atoms with Crippen LogP contribution >= 0.6 is 0 Å². The zero-order valence-corrected chi connectivity index (χ0v) is 14.4. The van der Waals surface area contributed by atoms with Gasteiger partial charge >= 0.3 is 0 Å². The third-order valence-electron chi connectivity index (χ3n) is 4.23. The Balaban J connectivity index is 1.79. The lowest BCUT2D eigenvalue weighted by atomic mass is 10.1. The molecule has 7 heteroatoms. The fourth-order valence-corrected chi connectivity index (χ4v) is 2.97. The second kappa shape index (κ2) is 7.92. The lowest BCUT2D eigenvalue weighted by Gasteiger charge is -2.17. The van der Waals surface area contributed by atoms with Crippen molar-refractivity contribution >= 4 is 11.8 Å². The molecule has 1 aliphatic rings. The quantitative estimate of drug-likeness (QED) is 0.837. The normalized spacial score (nSPS) is 13.2. The summed E-state index contributed by atoms with van der Waals surface area (Å²) >= 11 is 0. The molecule has 3 heterocycles. The number of carbonyl (C=O) groups excluding carboxylic acids is 2. The Morgan fingerprint density at radius 1 is 1.20 bits per heavy atom. The van der Waals surface area contributed by atoms with Crippen molar-refractivity contribution in [2.75, 3.05) is 6.54 Å². The molecule has 25 heavy (non-hydrogen) atoms. The Bertz CT molecular complexity index is 754. The SMILES string of the molecule is CCCNC(=O)c1nc(C(=O)NCc2ccccn2)c2n1CCCC2. The van der Waals surface area contributed by atoms with E-state index >= 15 is 0 Å². The number of carbonyl (C=O) groups is 2. The highest BCUT2D eigenvalue weighted by Crippen LogP contribution is 2.21. The highest BCUT2D eigenvalue weighted by Gasteiger charge is 2.27. The van der Waals surface area contributed by atoms with Crippen molar-refractivity contribution in [3.63, 3.8) is 0 Å². The molecular formula is C18H23N5O2. The molecule has 0 radical (unpaired) electrons. The summed E-state index contributed by atoms with van der Waals surface area (Å²) in [7, 11) is 0. The van der Waals surface area contributed by atoms with Gasteiger partial charge in [0.25, 0.3) is 11.8 Å². The summed E-state index contributed by atoms with van der Waals surface area (Å²) in [4.78, 5) is 33.5. The maximum absolute atomic E-state index is 12.6. The van der Waals surface area contributed by atoms with E-state index in [4.69, 9.17) is 0 Å². The Hall–Kier alpha value is -2.70. The van der Waals surface area contributed by atoms with E-state index in [0.717, 1.165) is 43.6 Å². The van der Waals surface area contributed by atoms with Crippen molar-refractivity contribution in [3.8, 4) is 0 Å². The summed E-state index contributed by atoms with van der Waals surface area (Å²) in [5, 5.41) is 5.70. The first kappa shape index (κ1) is 17.1. The van der Waals surface area contributed by atoms with E-state index in [1.807, 2.05) is 29.7 Å². The number of rotatable bonds is 6. The number of amides is 2. The Morgan fingerprint density at radius 2 is 2.08 bits per heavy atom. The van der Waals surface area contributed by atoms with Gasteiger partial charge in [-0.3, -0.25) is 14.6 Å². The zero-order chi connectivity index (χ0) is 17.6. The summed E-state index contributed by atoms with van der Waals surface area (Å²) in [5.41, 5.74) is 1.99. The van der Waals surface area contributed by atoms with Crippen LogP contribution in [0.5, 0.6) is 0 Å². The number of imidazole rings is 1. The molecule has 132 valence electrons. The van der Waals surface area contributed by atoms with Crippen LogP contribution in [0, 0.1) is 0 Å². The monoisotopic (exact) mass is 341 g/mol. The predicted octanol–water partition coefficient (Wildman–Crippen LogP) is 1.68. The van der Waals surface area contributed by atoms with E-state index in [-0.39, 0.29) is 11.8 Å². The van der Waals surface area contributed by atoms with Crippen molar-refractivity contribution in [2.24, 2.45) is 0 Å². The number of hydrogen-bond acceptors (Lipinski definition) is 4. The largest absolute Gasteiger partial charge is 0.349 e.